The monoisotopic (exact) mass is 725 g/mol. The van der Waals surface area contributed by atoms with E-state index in [1.807, 2.05) is 18.2 Å². The van der Waals surface area contributed by atoms with E-state index < -0.39 is 0 Å². The lowest BCUT2D eigenvalue weighted by Crippen LogP contribution is -2.04. The van der Waals surface area contributed by atoms with Crippen molar-refractivity contribution in [2.45, 2.75) is 0 Å². The molecule has 9 aromatic carbocycles. The normalized spacial score (nSPS) is 12.6. The van der Waals surface area contributed by atoms with E-state index in [-0.39, 0.29) is 0 Å². The summed E-state index contributed by atoms with van der Waals surface area (Å²) >= 11 is 0. The van der Waals surface area contributed by atoms with Gasteiger partial charge >= 0.3 is 0 Å². The average Bonchev–Trinajstić information content (AvgIpc) is 4.02. The molecule has 0 amide bonds. The molecule has 4 aromatic heterocycles. The minimum absolute atomic E-state index is 0.595. The van der Waals surface area contributed by atoms with Crippen LogP contribution in [0.1, 0.15) is 0 Å². The van der Waals surface area contributed by atoms with E-state index in [4.69, 9.17) is 18.8 Å². The summed E-state index contributed by atoms with van der Waals surface area (Å²) < 4.78 is 15.7. The molecule has 5 heteroatoms. The summed E-state index contributed by atoms with van der Waals surface area (Å²) in [5.41, 5.74) is 13.2. The highest BCUT2D eigenvalue weighted by atomic mass is 16.3. The van der Waals surface area contributed by atoms with E-state index in [2.05, 4.69) is 150 Å². The third kappa shape index (κ3) is 3.69. The second-order valence-corrected chi connectivity index (χ2v) is 15.2. The van der Waals surface area contributed by atoms with Crippen molar-refractivity contribution in [2.24, 2.45) is 0 Å². The van der Waals surface area contributed by atoms with Crippen molar-refractivity contribution in [1.29, 1.82) is 0 Å². The van der Waals surface area contributed by atoms with Gasteiger partial charge in [-0.2, -0.15) is 0 Å². The lowest BCUT2D eigenvalue weighted by molar-refractivity contribution is 0.669. The predicted octanol–water partition coefficient (Wildman–Crippen LogP) is 14.1. The maximum Gasteiger partial charge on any atom is 0.235 e. The lowest BCUT2D eigenvalue weighted by Gasteiger charge is -2.14. The summed E-state index contributed by atoms with van der Waals surface area (Å²) in [6.45, 7) is 0. The fourth-order valence-corrected chi connectivity index (χ4v) is 10.1. The quantitative estimate of drug-likeness (QED) is 0.178. The van der Waals surface area contributed by atoms with E-state index in [0.29, 0.717) is 5.95 Å². The molecule has 13 aromatic rings. The maximum atomic E-state index is 7.02. The molecule has 5 nitrogen and oxygen atoms in total. The van der Waals surface area contributed by atoms with Crippen LogP contribution >= 0.6 is 0 Å². The van der Waals surface area contributed by atoms with Crippen molar-refractivity contribution < 1.29 is 8.83 Å². The van der Waals surface area contributed by atoms with Crippen LogP contribution in [0.4, 0.5) is 0 Å². The second-order valence-electron chi connectivity index (χ2n) is 15.2. The van der Waals surface area contributed by atoms with Gasteiger partial charge in [-0.3, -0.25) is 4.57 Å². The lowest BCUT2D eigenvalue weighted by atomic mass is 9.95. The fourth-order valence-electron chi connectivity index (χ4n) is 10.1. The van der Waals surface area contributed by atoms with Crippen LogP contribution in [0.15, 0.2) is 173 Å². The number of aromatic nitrogens is 3. The van der Waals surface area contributed by atoms with Crippen LogP contribution in [0.3, 0.4) is 0 Å². The molecule has 0 saturated heterocycles. The zero-order valence-corrected chi connectivity index (χ0v) is 30.2. The van der Waals surface area contributed by atoms with Crippen molar-refractivity contribution in [3.05, 3.63) is 164 Å². The molecular formula is C52H27N3O2. The Hall–Kier alpha value is -7.76. The standard InChI is InChI=1S/C52H27N3O2/c1-2-13-29-28(12-1)30-18-11-19-31-33(25-24-32(29)44(30)31)49-34-14-3-7-20-39(34)53-52(54-49)55-40-21-8-4-15-35(40)45-38-26-27-43-46(36-16-5-9-22-41(36)56-43)47(38)48-37-17-6-10-23-42(37)57-51(48)50(45)55/h1-27H. The van der Waals surface area contributed by atoms with E-state index in [9.17, 15) is 0 Å². The molecule has 1 aliphatic carbocycles. The van der Waals surface area contributed by atoms with Crippen LogP contribution in [0.2, 0.25) is 0 Å². The van der Waals surface area contributed by atoms with Gasteiger partial charge in [0, 0.05) is 48.7 Å². The highest BCUT2D eigenvalue weighted by Crippen LogP contribution is 2.51. The SMILES string of the molecule is c1ccc2c(c1)-c1cccc3c(-c4nc(-n5c6ccccc6c6c7ccc8oc9ccccc9c8c7c7c8ccccc8oc7c65)nc5ccccc45)ccc-2c13. The van der Waals surface area contributed by atoms with Crippen LogP contribution in [0.25, 0.3) is 138 Å². The zero-order valence-electron chi connectivity index (χ0n) is 30.2. The number of hydrogen-bond donors (Lipinski definition) is 0. The first-order chi connectivity index (χ1) is 28.3. The van der Waals surface area contributed by atoms with Gasteiger partial charge in [0.25, 0.3) is 0 Å². The summed E-state index contributed by atoms with van der Waals surface area (Å²) in [5, 5.41) is 12.2. The minimum atomic E-state index is 0.595. The van der Waals surface area contributed by atoms with Gasteiger partial charge in [-0.05, 0) is 74.8 Å². The Bertz CT molecular complexity index is 3910. The molecular weight excluding hydrogens is 699 g/mol. The zero-order chi connectivity index (χ0) is 36.9. The number of benzene rings is 9. The Labute approximate surface area is 323 Å². The van der Waals surface area contributed by atoms with Gasteiger partial charge in [-0.1, -0.05) is 127 Å². The molecule has 4 heterocycles. The Morgan fingerprint density at radius 2 is 0.982 bits per heavy atom. The van der Waals surface area contributed by atoms with Gasteiger partial charge < -0.3 is 8.83 Å². The third-order valence-electron chi connectivity index (χ3n) is 12.3. The summed E-state index contributed by atoms with van der Waals surface area (Å²) in [6.07, 6.45) is 0. The van der Waals surface area contributed by atoms with Crippen molar-refractivity contribution in [3.8, 4) is 39.5 Å². The Balaban J connectivity index is 1.16. The highest BCUT2D eigenvalue weighted by Gasteiger charge is 2.28. The molecule has 57 heavy (non-hydrogen) atoms. The van der Waals surface area contributed by atoms with Gasteiger partial charge in [-0.25, -0.2) is 9.97 Å². The first kappa shape index (κ1) is 29.6. The second kappa shape index (κ2) is 10.5. The van der Waals surface area contributed by atoms with Crippen LogP contribution in [-0.2, 0) is 0 Å². The van der Waals surface area contributed by atoms with E-state index >= 15 is 0 Å². The molecule has 0 aliphatic heterocycles. The molecule has 0 bridgehead atoms. The number of rotatable bonds is 2. The predicted molar refractivity (Wildman–Crippen MR) is 233 cm³/mol. The first-order valence-corrected chi connectivity index (χ1v) is 19.3. The van der Waals surface area contributed by atoms with Crippen molar-refractivity contribution in [3.63, 3.8) is 0 Å². The van der Waals surface area contributed by atoms with Gasteiger partial charge in [0.1, 0.15) is 22.3 Å². The minimum Gasteiger partial charge on any atom is -0.456 e. The molecule has 262 valence electrons. The topological polar surface area (TPSA) is 57.0 Å². The number of fused-ring (bicyclic) bond motifs is 18. The van der Waals surface area contributed by atoms with Crippen molar-refractivity contribution in [2.75, 3.05) is 0 Å². The molecule has 0 unspecified atom stereocenters. The van der Waals surface area contributed by atoms with Crippen LogP contribution < -0.4 is 0 Å². The first-order valence-electron chi connectivity index (χ1n) is 19.3. The molecule has 0 saturated carbocycles. The fraction of sp³-hybridized carbons (Fsp3) is 0. The number of hydrogen-bond acceptors (Lipinski definition) is 4. The molecule has 0 atom stereocenters. The summed E-state index contributed by atoms with van der Waals surface area (Å²) in [7, 11) is 0. The summed E-state index contributed by atoms with van der Waals surface area (Å²) in [6, 6.07) is 57.9. The largest absolute Gasteiger partial charge is 0.456 e. The van der Waals surface area contributed by atoms with E-state index in [0.717, 1.165) is 98.6 Å². The molecule has 14 rings (SSSR count). The Morgan fingerprint density at radius 3 is 1.82 bits per heavy atom. The van der Waals surface area contributed by atoms with Crippen LogP contribution in [0, 0.1) is 0 Å². The number of nitrogens with zero attached hydrogens (tertiary/aromatic N) is 3. The van der Waals surface area contributed by atoms with Gasteiger partial charge in [-0.15, -0.1) is 0 Å². The summed E-state index contributed by atoms with van der Waals surface area (Å²) in [4.78, 5) is 11.0. The number of furan rings is 2. The Kier molecular flexibility index (Phi) is 5.45. The van der Waals surface area contributed by atoms with Gasteiger partial charge in [0.2, 0.25) is 5.95 Å². The summed E-state index contributed by atoms with van der Waals surface area (Å²) in [5.74, 6) is 0.595. The average molecular weight is 726 g/mol. The number of para-hydroxylation sites is 4. The van der Waals surface area contributed by atoms with Crippen LogP contribution in [-0.4, -0.2) is 14.5 Å². The van der Waals surface area contributed by atoms with Crippen molar-refractivity contribution in [1.82, 2.24) is 14.5 Å². The molecule has 0 radical (unpaired) electrons. The molecule has 1 aliphatic rings. The molecule has 0 spiro atoms. The highest BCUT2D eigenvalue weighted by molar-refractivity contribution is 6.41. The molecule has 0 N–H and O–H groups in total. The van der Waals surface area contributed by atoms with E-state index in [1.54, 1.807) is 0 Å². The molecule has 0 fully saturated rings. The Morgan fingerprint density at radius 1 is 0.351 bits per heavy atom. The van der Waals surface area contributed by atoms with Crippen molar-refractivity contribution >= 4 is 98.1 Å². The smallest absolute Gasteiger partial charge is 0.235 e. The van der Waals surface area contributed by atoms with E-state index in [1.165, 1.54) is 33.0 Å². The van der Waals surface area contributed by atoms with Gasteiger partial charge in [0.15, 0.2) is 5.58 Å². The van der Waals surface area contributed by atoms with Crippen LogP contribution in [0.5, 0.6) is 0 Å². The maximum absolute atomic E-state index is 7.02. The third-order valence-corrected chi connectivity index (χ3v) is 12.3. The van der Waals surface area contributed by atoms with Gasteiger partial charge in [0.05, 0.1) is 16.7 Å².